The van der Waals surface area contributed by atoms with Crippen LogP contribution in [0.4, 0.5) is 10.2 Å². The largest absolute Gasteiger partial charge is 0.369 e. The molecule has 1 N–H and O–H groups in total. The zero-order valence-electron chi connectivity index (χ0n) is 21.1. The predicted molar refractivity (Wildman–Crippen MR) is 150 cm³/mol. The molecule has 6 rings (SSSR count). The Morgan fingerprint density at radius 3 is 2.41 bits per heavy atom. The second kappa shape index (κ2) is 10.4. The summed E-state index contributed by atoms with van der Waals surface area (Å²) in [6, 6.07) is 21.2. The molecule has 37 heavy (non-hydrogen) atoms. The maximum atomic E-state index is 13.3. The Hall–Kier alpha value is -3.02. The molecule has 0 bridgehead atoms. The van der Waals surface area contributed by atoms with Gasteiger partial charge in [0.05, 0.1) is 5.52 Å². The highest BCUT2D eigenvalue weighted by Gasteiger charge is 2.40. The van der Waals surface area contributed by atoms with Crippen LogP contribution in [-0.4, -0.2) is 41.0 Å². The fourth-order valence-corrected chi connectivity index (χ4v) is 6.55. The van der Waals surface area contributed by atoms with Crippen molar-refractivity contribution >= 4 is 28.3 Å². The van der Waals surface area contributed by atoms with Gasteiger partial charge in [-0.15, -0.1) is 0 Å². The molecule has 1 saturated carbocycles. The first-order chi connectivity index (χ1) is 18.0. The van der Waals surface area contributed by atoms with E-state index in [2.05, 4.69) is 17.3 Å². The number of anilines is 1. The van der Waals surface area contributed by atoms with Gasteiger partial charge in [0, 0.05) is 35.1 Å². The van der Waals surface area contributed by atoms with Gasteiger partial charge in [0.2, 0.25) is 0 Å². The summed E-state index contributed by atoms with van der Waals surface area (Å²) in [5, 5.41) is 5.29. The molecule has 1 aliphatic carbocycles. The van der Waals surface area contributed by atoms with E-state index < -0.39 is 0 Å². The van der Waals surface area contributed by atoms with E-state index >= 15 is 0 Å². The Morgan fingerprint density at radius 1 is 0.919 bits per heavy atom. The van der Waals surface area contributed by atoms with E-state index in [1.54, 1.807) is 12.1 Å². The van der Waals surface area contributed by atoms with Crippen LogP contribution in [0.1, 0.15) is 32.1 Å². The monoisotopic (exact) mass is 514 g/mol. The minimum absolute atomic E-state index is 0.234. The maximum absolute atomic E-state index is 13.3. The molecule has 0 amide bonds. The summed E-state index contributed by atoms with van der Waals surface area (Å²) in [4.78, 5) is 12.4. The van der Waals surface area contributed by atoms with Crippen molar-refractivity contribution in [1.82, 2.24) is 14.9 Å². The third kappa shape index (κ3) is 5.07. The van der Waals surface area contributed by atoms with E-state index in [0.717, 1.165) is 64.3 Å². The molecule has 2 fully saturated rings. The molecule has 3 aromatic carbocycles. The van der Waals surface area contributed by atoms with Crippen molar-refractivity contribution in [2.45, 2.75) is 38.1 Å². The smallest absolute Gasteiger partial charge is 0.162 e. The lowest BCUT2D eigenvalue weighted by Crippen LogP contribution is -2.32. The van der Waals surface area contributed by atoms with Gasteiger partial charge < -0.3 is 10.2 Å². The molecule has 2 aliphatic rings. The number of hydrogen-bond acceptors (Lipinski definition) is 4. The summed E-state index contributed by atoms with van der Waals surface area (Å²) in [5.41, 5.74) is 3.75. The number of halogens is 2. The van der Waals surface area contributed by atoms with Crippen molar-refractivity contribution in [3.05, 3.63) is 77.6 Å². The summed E-state index contributed by atoms with van der Waals surface area (Å²) in [7, 11) is 2.30. The lowest BCUT2D eigenvalue weighted by molar-refractivity contribution is 0.205. The number of benzene rings is 3. The molecule has 4 aromatic rings. The van der Waals surface area contributed by atoms with Crippen molar-refractivity contribution in [2.75, 3.05) is 25.5 Å². The Balaban J connectivity index is 1.24. The van der Waals surface area contributed by atoms with E-state index in [1.165, 1.54) is 44.4 Å². The van der Waals surface area contributed by atoms with Gasteiger partial charge in [0.1, 0.15) is 11.6 Å². The lowest BCUT2D eigenvalue weighted by Gasteiger charge is -2.31. The normalized spacial score (nSPS) is 21.8. The molecule has 6 heteroatoms. The van der Waals surface area contributed by atoms with Crippen LogP contribution in [-0.2, 0) is 0 Å². The number of nitrogens with one attached hydrogen (secondary N) is 1. The van der Waals surface area contributed by atoms with Gasteiger partial charge in [0.25, 0.3) is 0 Å². The molecular weight excluding hydrogens is 483 g/mol. The Labute approximate surface area is 222 Å². The second-order valence-corrected chi connectivity index (χ2v) is 11.0. The van der Waals surface area contributed by atoms with Crippen molar-refractivity contribution in [2.24, 2.45) is 11.8 Å². The molecule has 4 nitrogen and oxygen atoms in total. The van der Waals surface area contributed by atoms with Crippen LogP contribution < -0.4 is 5.32 Å². The third-order valence-corrected chi connectivity index (χ3v) is 8.50. The molecule has 3 atom stereocenters. The minimum atomic E-state index is -0.234. The van der Waals surface area contributed by atoms with Crippen LogP contribution in [0.2, 0.25) is 5.02 Å². The minimum Gasteiger partial charge on any atom is -0.369 e. The summed E-state index contributed by atoms with van der Waals surface area (Å²) >= 11 is 6.33. The number of nitrogens with zero attached hydrogens (tertiary/aromatic N) is 3. The Morgan fingerprint density at radius 2 is 1.62 bits per heavy atom. The quantitative estimate of drug-likeness (QED) is 0.286. The molecular formula is C31H32ClFN4. The zero-order chi connectivity index (χ0) is 25.4. The fourth-order valence-electron chi connectivity index (χ4n) is 6.38. The summed E-state index contributed by atoms with van der Waals surface area (Å²) in [6.07, 6.45) is 6.61. The van der Waals surface area contributed by atoms with Crippen LogP contribution >= 0.6 is 11.6 Å². The fraction of sp³-hybridized carbons (Fsp3) is 0.355. The van der Waals surface area contributed by atoms with Crippen LogP contribution in [0.25, 0.3) is 33.4 Å². The first kappa shape index (κ1) is 24.3. The number of hydrogen-bond donors (Lipinski definition) is 1. The Kier molecular flexibility index (Phi) is 6.83. The lowest BCUT2D eigenvalue weighted by atomic mass is 9.78. The highest BCUT2D eigenvalue weighted by Crippen LogP contribution is 2.40. The first-order valence-electron chi connectivity index (χ1n) is 13.3. The van der Waals surface area contributed by atoms with Gasteiger partial charge in [-0.05, 0) is 79.6 Å². The molecule has 0 spiro atoms. The van der Waals surface area contributed by atoms with E-state index in [1.807, 2.05) is 42.5 Å². The topological polar surface area (TPSA) is 41.0 Å². The molecule has 190 valence electrons. The van der Waals surface area contributed by atoms with Crippen LogP contribution in [0, 0.1) is 17.7 Å². The van der Waals surface area contributed by atoms with E-state index in [9.17, 15) is 4.39 Å². The number of fused-ring (bicyclic) bond motifs is 2. The first-order valence-corrected chi connectivity index (χ1v) is 13.7. The van der Waals surface area contributed by atoms with Crippen molar-refractivity contribution in [1.29, 1.82) is 0 Å². The van der Waals surface area contributed by atoms with Gasteiger partial charge in [-0.3, -0.25) is 0 Å². The van der Waals surface area contributed by atoms with Crippen LogP contribution in [0.5, 0.6) is 0 Å². The van der Waals surface area contributed by atoms with Crippen LogP contribution in [0.15, 0.2) is 66.7 Å². The zero-order valence-corrected chi connectivity index (χ0v) is 21.9. The van der Waals surface area contributed by atoms with Gasteiger partial charge in [-0.1, -0.05) is 60.8 Å². The second-order valence-electron chi connectivity index (χ2n) is 10.6. The molecule has 1 aromatic heterocycles. The van der Waals surface area contributed by atoms with E-state index in [-0.39, 0.29) is 5.82 Å². The number of rotatable bonds is 6. The highest BCUT2D eigenvalue weighted by atomic mass is 35.5. The van der Waals surface area contributed by atoms with Gasteiger partial charge >= 0.3 is 0 Å². The van der Waals surface area contributed by atoms with Gasteiger partial charge in [0.15, 0.2) is 5.82 Å². The van der Waals surface area contributed by atoms with Crippen molar-refractivity contribution in [3.8, 4) is 22.5 Å². The molecule has 1 aliphatic heterocycles. The Bertz CT molecular complexity index is 1390. The van der Waals surface area contributed by atoms with Gasteiger partial charge in [-0.2, -0.15) is 0 Å². The summed E-state index contributed by atoms with van der Waals surface area (Å²) in [5.74, 6) is 2.85. The van der Waals surface area contributed by atoms with E-state index in [4.69, 9.17) is 21.6 Å². The SMILES string of the molecule is CN1CC(CCNc2nc(-c3ccc(-c4ccc(F)cc4)cc3)nc3cc(Cl)ccc23)C2CCCCC21. The standard InChI is InChI=1S/C31H32ClFN4/c1-37-19-23(26-4-2-3-5-29(26)37)16-17-34-31-27-15-12-24(32)18-28(27)35-30(36-31)22-8-6-20(7-9-22)21-10-13-25(33)14-11-21/h6-15,18,23,26,29H,2-5,16-17,19H2,1H3,(H,34,35,36). The number of likely N-dealkylation sites (tertiary alicyclic amines) is 1. The number of aromatic nitrogens is 2. The highest BCUT2D eigenvalue weighted by molar-refractivity contribution is 6.31. The predicted octanol–water partition coefficient (Wildman–Crippen LogP) is 7.68. The van der Waals surface area contributed by atoms with E-state index in [0.29, 0.717) is 10.8 Å². The van der Waals surface area contributed by atoms with Gasteiger partial charge in [-0.25, -0.2) is 14.4 Å². The molecule has 0 radical (unpaired) electrons. The average Bonchev–Trinajstić information content (AvgIpc) is 3.24. The van der Waals surface area contributed by atoms with Crippen LogP contribution in [0.3, 0.4) is 0 Å². The summed E-state index contributed by atoms with van der Waals surface area (Å²) in [6.45, 7) is 2.09. The summed E-state index contributed by atoms with van der Waals surface area (Å²) < 4.78 is 13.3. The average molecular weight is 515 g/mol. The van der Waals surface area contributed by atoms with Crippen molar-refractivity contribution < 1.29 is 4.39 Å². The maximum Gasteiger partial charge on any atom is 0.162 e. The molecule has 2 heterocycles. The third-order valence-electron chi connectivity index (χ3n) is 8.26. The molecule has 3 unspecified atom stereocenters. The molecule has 1 saturated heterocycles. The van der Waals surface area contributed by atoms with Crippen molar-refractivity contribution in [3.63, 3.8) is 0 Å².